The van der Waals surface area contributed by atoms with E-state index in [0.29, 0.717) is 5.92 Å². The van der Waals surface area contributed by atoms with Crippen LogP contribution in [0.3, 0.4) is 0 Å². The monoisotopic (exact) mass is 233 g/mol. The number of nitrogens with zero attached hydrogens (tertiary/aromatic N) is 3. The Balaban J connectivity index is 1.63. The Bertz CT molecular complexity index is 377. The van der Waals surface area contributed by atoms with Crippen LogP contribution in [0.1, 0.15) is 50.0 Å². The number of imidazole rings is 1. The van der Waals surface area contributed by atoms with Gasteiger partial charge in [-0.2, -0.15) is 0 Å². The van der Waals surface area contributed by atoms with Gasteiger partial charge in [0, 0.05) is 31.6 Å². The zero-order valence-electron chi connectivity index (χ0n) is 10.9. The molecule has 0 aliphatic carbocycles. The van der Waals surface area contributed by atoms with Gasteiger partial charge in [-0.25, -0.2) is 4.98 Å². The first-order valence-corrected chi connectivity index (χ1v) is 7.11. The van der Waals surface area contributed by atoms with Gasteiger partial charge in [-0.3, -0.25) is 0 Å². The number of aromatic nitrogens is 2. The third kappa shape index (κ3) is 2.39. The molecule has 1 atom stereocenters. The lowest BCUT2D eigenvalue weighted by Gasteiger charge is -2.19. The van der Waals surface area contributed by atoms with E-state index < -0.39 is 0 Å². The van der Waals surface area contributed by atoms with Gasteiger partial charge in [-0.1, -0.05) is 6.92 Å². The second-order valence-corrected chi connectivity index (χ2v) is 5.63. The molecule has 1 aromatic rings. The van der Waals surface area contributed by atoms with Crippen molar-refractivity contribution in [2.24, 2.45) is 0 Å². The van der Waals surface area contributed by atoms with Crippen molar-refractivity contribution in [2.75, 3.05) is 19.6 Å². The van der Waals surface area contributed by atoms with E-state index in [1.807, 2.05) is 0 Å². The molecule has 3 nitrogen and oxygen atoms in total. The Hall–Kier alpha value is -0.830. The maximum atomic E-state index is 4.83. The van der Waals surface area contributed by atoms with Crippen LogP contribution in [0.2, 0.25) is 0 Å². The zero-order chi connectivity index (χ0) is 11.7. The minimum atomic E-state index is 0.657. The van der Waals surface area contributed by atoms with Crippen LogP contribution in [0, 0.1) is 0 Å². The largest absolute Gasteiger partial charge is 0.334 e. The Labute approximate surface area is 104 Å². The molecule has 17 heavy (non-hydrogen) atoms. The molecule has 1 saturated heterocycles. The minimum absolute atomic E-state index is 0.657. The summed E-state index contributed by atoms with van der Waals surface area (Å²) in [6.45, 7) is 7.28. The van der Waals surface area contributed by atoms with Crippen molar-refractivity contribution >= 4 is 0 Å². The Kier molecular flexibility index (Phi) is 3.19. The molecule has 1 aromatic heterocycles. The molecule has 3 rings (SSSR count). The smallest absolute Gasteiger partial charge is 0.111 e. The first-order chi connectivity index (χ1) is 8.33. The maximum Gasteiger partial charge on any atom is 0.111 e. The summed E-state index contributed by atoms with van der Waals surface area (Å²) < 4.78 is 2.38. The van der Waals surface area contributed by atoms with Gasteiger partial charge in [-0.15, -0.1) is 0 Å². The van der Waals surface area contributed by atoms with Gasteiger partial charge in [0.25, 0.3) is 0 Å². The van der Waals surface area contributed by atoms with Crippen molar-refractivity contribution in [1.82, 2.24) is 14.5 Å². The summed E-state index contributed by atoms with van der Waals surface area (Å²) in [6, 6.07) is 0. The zero-order valence-corrected chi connectivity index (χ0v) is 10.9. The number of likely N-dealkylation sites (tertiary alicyclic amines) is 1. The Morgan fingerprint density at radius 1 is 1.24 bits per heavy atom. The van der Waals surface area contributed by atoms with Crippen LogP contribution in [0.25, 0.3) is 0 Å². The Morgan fingerprint density at radius 2 is 2.06 bits per heavy atom. The van der Waals surface area contributed by atoms with E-state index in [0.717, 1.165) is 6.42 Å². The molecule has 1 unspecified atom stereocenters. The summed E-state index contributed by atoms with van der Waals surface area (Å²) in [5.74, 6) is 1.98. The molecule has 2 aliphatic heterocycles. The van der Waals surface area contributed by atoms with Crippen LogP contribution in [-0.2, 0) is 13.0 Å². The number of rotatable bonds is 3. The van der Waals surface area contributed by atoms with Crippen LogP contribution in [0.4, 0.5) is 0 Å². The number of fused-ring (bicyclic) bond motifs is 1. The number of aryl methyl sites for hydroxylation is 1. The van der Waals surface area contributed by atoms with Gasteiger partial charge >= 0.3 is 0 Å². The lowest BCUT2D eigenvalue weighted by Crippen LogP contribution is -2.22. The standard InChI is InChI=1S/C14H23N3/c1-12-5-4-9-17-11-13(15-14(12)17)6-10-16-7-2-3-8-16/h11-12H,2-10H2,1H3. The summed E-state index contributed by atoms with van der Waals surface area (Å²) in [7, 11) is 0. The number of hydrogen-bond donors (Lipinski definition) is 0. The average Bonchev–Trinajstić information content (AvgIpc) is 2.95. The molecule has 94 valence electrons. The highest BCUT2D eigenvalue weighted by Crippen LogP contribution is 2.26. The Morgan fingerprint density at radius 3 is 2.82 bits per heavy atom. The lowest BCUT2D eigenvalue weighted by molar-refractivity contribution is 0.342. The van der Waals surface area contributed by atoms with Crippen LogP contribution in [-0.4, -0.2) is 34.1 Å². The minimum Gasteiger partial charge on any atom is -0.334 e. The van der Waals surface area contributed by atoms with Crippen molar-refractivity contribution < 1.29 is 0 Å². The first-order valence-electron chi connectivity index (χ1n) is 7.11. The summed E-state index contributed by atoms with van der Waals surface area (Å²) in [5, 5.41) is 0. The molecule has 0 saturated carbocycles. The molecule has 2 aliphatic rings. The summed E-state index contributed by atoms with van der Waals surface area (Å²) in [4.78, 5) is 7.40. The summed E-state index contributed by atoms with van der Waals surface area (Å²) >= 11 is 0. The van der Waals surface area contributed by atoms with E-state index in [4.69, 9.17) is 4.98 Å². The van der Waals surface area contributed by atoms with E-state index >= 15 is 0 Å². The first kappa shape index (κ1) is 11.3. The van der Waals surface area contributed by atoms with E-state index in [9.17, 15) is 0 Å². The van der Waals surface area contributed by atoms with Gasteiger partial charge in [-0.05, 0) is 38.8 Å². The fourth-order valence-electron chi connectivity index (χ4n) is 3.15. The molecular weight excluding hydrogens is 210 g/mol. The van der Waals surface area contributed by atoms with Crippen molar-refractivity contribution in [3.8, 4) is 0 Å². The normalized spacial score (nSPS) is 25.1. The predicted molar refractivity (Wildman–Crippen MR) is 69.3 cm³/mol. The molecule has 0 N–H and O–H groups in total. The van der Waals surface area contributed by atoms with E-state index in [1.54, 1.807) is 0 Å². The SMILES string of the molecule is CC1CCCn2cc(CCN3CCCC3)nc21. The van der Waals surface area contributed by atoms with Crippen LogP contribution < -0.4 is 0 Å². The lowest BCUT2D eigenvalue weighted by atomic mass is 10.0. The maximum absolute atomic E-state index is 4.83. The molecule has 0 amide bonds. The van der Waals surface area contributed by atoms with Gasteiger partial charge in [0.05, 0.1) is 5.69 Å². The molecule has 3 heteroatoms. The quantitative estimate of drug-likeness (QED) is 0.799. The predicted octanol–water partition coefficient (Wildman–Crippen LogP) is 2.42. The van der Waals surface area contributed by atoms with Crippen molar-refractivity contribution in [3.05, 3.63) is 17.7 Å². The van der Waals surface area contributed by atoms with Crippen molar-refractivity contribution in [3.63, 3.8) is 0 Å². The third-order valence-corrected chi connectivity index (χ3v) is 4.22. The fraction of sp³-hybridized carbons (Fsp3) is 0.786. The highest BCUT2D eigenvalue weighted by atomic mass is 15.1. The second kappa shape index (κ2) is 4.81. The van der Waals surface area contributed by atoms with E-state index in [1.165, 1.54) is 63.4 Å². The van der Waals surface area contributed by atoms with Gasteiger partial charge in [0.2, 0.25) is 0 Å². The molecule has 0 spiro atoms. The summed E-state index contributed by atoms with van der Waals surface area (Å²) in [5.41, 5.74) is 1.31. The van der Waals surface area contributed by atoms with Gasteiger partial charge in [0.15, 0.2) is 0 Å². The van der Waals surface area contributed by atoms with Gasteiger partial charge < -0.3 is 9.47 Å². The molecule has 1 fully saturated rings. The second-order valence-electron chi connectivity index (χ2n) is 5.63. The third-order valence-electron chi connectivity index (χ3n) is 4.22. The molecule has 0 radical (unpaired) electrons. The molecule has 0 aromatic carbocycles. The molecule has 3 heterocycles. The van der Waals surface area contributed by atoms with Crippen molar-refractivity contribution in [2.45, 2.75) is 51.5 Å². The van der Waals surface area contributed by atoms with Crippen LogP contribution in [0.5, 0.6) is 0 Å². The van der Waals surface area contributed by atoms with E-state index in [-0.39, 0.29) is 0 Å². The highest BCUT2D eigenvalue weighted by molar-refractivity contribution is 5.10. The highest BCUT2D eigenvalue weighted by Gasteiger charge is 2.19. The van der Waals surface area contributed by atoms with E-state index in [2.05, 4.69) is 22.6 Å². The van der Waals surface area contributed by atoms with Crippen molar-refractivity contribution in [1.29, 1.82) is 0 Å². The molecular formula is C14H23N3. The number of hydrogen-bond acceptors (Lipinski definition) is 2. The topological polar surface area (TPSA) is 21.1 Å². The van der Waals surface area contributed by atoms with Crippen LogP contribution >= 0.6 is 0 Å². The molecule has 0 bridgehead atoms. The average molecular weight is 233 g/mol. The summed E-state index contributed by atoms with van der Waals surface area (Å²) in [6.07, 6.45) is 8.82. The fourth-order valence-corrected chi connectivity index (χ4v) is 3.15. The van der Waals surface area contributed by atoms with Gasteiger partial charge in [0.1, 0.15) is 5.82 Å². The van der Waals surface area contributed by atoms with Crippen LogP contribution in [0.15, 0.2) is 6.20 Å².